The first-order chi connectivity index (χ1) is 5.98. The molecule has 3 nitrogen and oxygen atoms in total. The third-order valence-corrected chi connectivity index (χ3v) is 4.06. The summed E-state index contributed by atoms with van der Waals surface area (Å²) in [6.07, 6.45) is 4.04. The van der Waals surface area contributed by atoms with Crippen LogP contribution in [-0.4, -0.2) is 21.9 Å². The lowest BCUT2D eigenvalue weighted by atomic mass is 9.75. The molecule has 0 radical (unpaired) electrons. The van der Waals surface area contributed by atoms with E-state index in [0.717, 1.165) is 25.7 Å². The maximum absolute atomic E-state index is 10.8. The molecule has 1 rings (SSSR count). The van der Waals surface area contributed by atoms with Crippen LogP contribution in [0.15, 0.2) is 0 Å². The van der Waals surface area contributed by atoms with Crippen molar-refractivity contribution in [2.75, 3.05) is 0 Å². The minimum atomic E-state index is -0.941. The van der Waals surface area contributed by atoms with E-state index in [0.29, 0.717) is 0 Å². The molecule has 5 heteroatoms. The molecule has 84 valence electrons. The highest BCUT2D eigenvalue weighted by Crippen LogP contribution is 2.40. The lowest BCUT2D eigenvalue weighted by molar-refractivity contribution is -0.140. The van der Waals surface area contributed by atoms with Gasteiger partial charge in [0.25, 0.3) is 0 Å². The molecule has 3 atom stereocenters. The number of rotatable bonds is 2. The van der Waals surface area contributed by atoms with Crippen molar-refractivity contribution in [3.05, 3.63) is 0 Å². The molecule has 1 fully saturated rings. The second-order valence-corrected chi connectivity index (χ2v) is 4.79. The Hall–Kier alpha value is 0.0700. The van der Waals surface area contributed by atoms with Crippen molar-refractivity contribution < 1.29 is 9.90 Å². The third kappa shape index (κ3) is 2.55. The average molecular weight is 240 g/mol. The zero-order valence-electron chi connectivity index (χ0n) is 8.27. The van der Waals surface area contributed by atoms with Crippen LogP contribution in [-0.2, 0) is 4.79 Å². The van der Waals surface area contributed by atoms with Gasteiger partial charge in [-0.1, -0.05) is 19.8 Å². The second-order valence-electron chi connectivity index (χ2n) is 3.95. The van der Waals surface area contributed by atoms with Crippen LogP contribution in [0.25, 0.3) is 0 Å². The van der Waals surface area contributed by atoms with Crippen molar-refractivity contribution in [2.24, 2.45) is 11.7 Å². The predicted octanol–water partition coefficient (Wildman–Crippen LogP) is 1.70. The fourth-order valence-corrected chi connectivity index (χ4v) is 2.43. The quantitative estimate of drug-likeness (QED) is 0.643. The molecule has 1 aliphatic rings. The van der Waals surface area contributed by atoms with Crippen molar-refractivity contribution in [3.8, 4) is 0 Å². The first-order valence-electron chi connectivity index (χ1n) is 4.69. The van der Waals surface area contributed by atoms with Crippen LogP contribution in [0.5, 0.6) is 0 Å². The second kappa shape index (κ2) is 5.24. The van der Waals surface area contributed by atoms with E-state index in [1.54, 1.807) is 0 Å². The number of hydrogen-bond donors (Lipinski definition) is 3. The van der Waals surface area contributed by atoms with Gasteiger partial charge in [-0.15, -0.1) is 12.4 Å². The minimum Gasteiger partial charge on any atom is -0.480 e. The molecule has 0 aliphatic heterocycles. The predicted molar refractivity (Wildman–Crippen MR) is 62.2 cm³/mol. The number of halogens is 1. The van der Waals surface area contributed by atoms with Crippen LogP contribution in [0.3, 0.4) is 0 Å². The van der Waals surface area contributed by atoms with E-state index in [-0.39, 0.29) is 18.3 Å². The van der Waals surface area contributed by atoms with E-state index in [4.69, 9.17) is 10.8 Å². The van der Waals surface area contributed by atoms with Crippen LogP contribution in [0.1, 0.15) is 32.6 Å². The molecule has 3 N–H and O–H groups in total. The molecule has 0 saturated heterocycles. The van der Waals surface area contributed by atoms with Gasteiger partial charge in [0, 0.05) is 4.75 Å². The van der Waals surface area contributed by atoms with Gasteiger partial charge >= 0.3 is 5.97 Å². The number of thiol groups is 1. The monoisotopic (exact) mass is 239 g/mol. The van der Waals surface area contributed by atoms with E-state index in [2.05, 4.69) is 12.6 Å². The Morgan fingerprint density at radius 3 is 2.64 bits per heavy atom. The van der Waals surface area contributed by atoms with Gasteiger partial charge in [-0.3, -0.25) is 4.79 Å². The molecule has 0 aromatic heterocycles. The Morgan fingerprint density at radius 2 is 2.21 bits per heavy atom. The fraction of sp³-hybridized carbons (Fsp3) is 0.889. The van der Waals surface area contributed by atoms with Crippen molar-refractivity contribution in [1.82, 2.24) is 0 Å². The standard InChI is InChI=1S/C9H17NO2S.ClH/c1-6-4-2-3-5-9(6,13)7(10)8(11)12;/h6-7,13H,2-5,10H2,1H3,(H,11,12);1H. The molecule has 0 bridgehead atoms. The van der Waals surface area contributed by atoms with Crippen LogP contribution in [0.2, 0.25) is 0 Å². The fourth-order valence-electron chi connectivity index (χ4n) is 2.03. The Balaban J connectivity index is 0.00000169. The average Bonchev–Trinajstić information content (AvgIpc) is 2.09. The smallest absolute Gasteiger partial charge is 0.321 e. The maximum Gasteiger partial charge on any atom is 0.321 e. The molecule has 0 heterocycles. The largest absolute Gasteiger partial charge is 0.480 e. The number of nitrogens with two attached hydrogens (primary N) is 1. The Morgan fingerprint density at radius 1 is 1.64 bits per heavy atom. The van der Waals surface area contributed by atoms with Gasteiger partial charge in [0.1, 0.15) is 6.04 Å². The van der Waals surface area contributed by atoms with E-state index in [1.165, 1.54) is 0 Å². The number of hydrogen-bond acceptors (Lipinski definition) is 3. The Kier molecular flexibility index (Phi) is 5.26. The number of aliphatic carboxylic acids is 1. The summed E-state index contributed by atoms with van der Waals surface area (Å²) < 4.78 is -0.510. The molecule has 0 aromatic carbocycles. The Bertz CT molecular complexity index is 215. The van der Waals surface area contributed by atoms with E-state index in [1.807, 2.05) is 6.92 Å². The Labute approximate surface area is 96.3 Å². The molecular weight excluding hydrogens is 222 g/mol. The first kappa shape index (κ1) is 14.1. The summed E-state index contributed by atoms with van der Waals surface area (Å²) in [5.74, 6) is -0.653. The highest BCUT2D eigenvalue weighted by molar-refractivity contribution is 7.82. The molecule has 1 aliphatic carbocycles. The van der Waals surface area contributed by atoms with Gasteiger partial charge in [0.05, 0.1) is 0 Å². The molecule has 0 aromatic rings. The zero-order valence-corrected chi connectivity index (χ0v) is 9.98. The lowest BCUT2D eigenvalue weighted by Crippen LogP contribution is -2.54. The zero-order chi connectivity index (χ0) is 10.1. The summed E-state index contributed by atoms with van der Waals surface area (Å²) in [4.78, 5) is 10.8. The summed E-state index contributed by atoms with van der Waals surface area (Å²) in [6.45, 7) is 2.04. The van der Waals surface area contributed by atoms with Gasteiger partial charge in [0.2, 0.25) is 0 Å². The van der Waals surface area contributed by atoms with E-state index < -0.39 is 16.8 Å². The first-order valence-corrected chi connectivity index (χ1v) is 5.14. The van der Waals surface area contributed by atoms with Crippen LogP contribution in [0, 0.1) is 5.92 Å². The maximum atomic E-state index is 10.8. The number of carboxylic acids is 1. The van der Waals surface area contributed by atoms with Gasteiger partial charge in [0.15, 0.2) is 0 Å². The topological polar surface area (TPSA) is 63.3 Å². The third-order valence-electron chi connectivity index (χ3n) is 3.12. The molecule has 0 amide bonds. The van der Waals surface area contributed by atoms with Crippen molar-refractivity contribution in [2.45, 2.75) is 43.4 Å². The van der Waals surface area contributed by atoms with E-state index >= 15 is 0 Å². The highest BCUT2D eigenvalue weighted by Gasteiger charge is 2.43. The molecule has 1 saturated carbocycles. The minimum absolute atomic E-state index is 0. The van der Waals surface area contributed by atoms with Gasteiger partial charge in [-0.05, 0) is 18.8 Å². The highest BCUT2D eigenvalue weighted by atomic mass is 35.5. The van der Waals surface area contributed by atoms with Gasteiger partial charge < -0.3 is 10.8 Å². The van der Waals surface area contributed by atoms with E-state index in [9.17, 15) is 4.79 Å². The van der Waals surface area contributed by atoms with Crippen LogP contribution >= 0.6 is 25.0 Å². The molecule has 0 spiro atoms. The lowest BCUT2D eigenvalue weighted by Gasteiger charge is -2.41. The normalized spacial score (nSPS) is 34.4. The van der Waals surface area contributed by atoms with Crippen LogP contribution in [0.4, 0.5) is 0 Å². The number of carboxylic acid groups (broad SMARTS) is 1. The van der Waals surface area contributed by atoms with Crippen molar-refractivity contribution in [1.29, 1.82) is 0 Å². The van der Waals surface area contributed by atoms with Crippen molar-refractivity contribution >= 4 is 31.0 Å². The summed E-state index contributed by atoms with van der Waals surface area (Å²) in [5.41, 5.74) is 5.64. The van der Waals surface area contributed by atoms with Crippen LogP contribution < -0.4 is 5.73 Å². The number of carbonyl (C=O) groups is 1. The summed E-state index contributed by atoms with van der Waals surface area (Å²) >= 11 is 4.47. The molecule has 14 heavy (non-hydrogen) atoms. The summed E-state index contributed by atoms with van der Waals surface area (Å²) in [7, 11) is 0. The van der Waals surface area contributed by atoms with Gasteiger partial charge in [-0.2, -0.15) is 12.6 Å². The molecular formula is C9H18ClNO2S. The SMILES string of the molecule is CC1CCCCC1(S)C(N)C(=O)O.Cl. The summed E-state index contributed by atoms with van der Waals surface area (Å²) in [6, 6.07) is -0.842. The molecule has 3 unspecified atom stereocenters. The van der Waals surface area contributed by atoms with Gasteiger partial charge in [-0.25, -0.2) is 0 Å². The van der Waals surface area contributed by atoms with Crippen molar-refractivity contribution in [3.63, 3.8) is 0 Å². The summed E-state index contributed by atoms with van der Waals surface area (Å²) in [5, 5.41) is 8.84.